The Labute approximate surface area is 87.7 Å². The lowest BCUT2D eigenvalue weighted by atomic mass is 10.1. The number of unbranched alkanes of at least 4 members (excludes halogenated alkanes) is 4. The molecule has 0 rings (SSSR count). The first-order valence-electron chi connectivity index (χ1n) is 5.29. The molecule has 0 saturated heterocycles. The lowest BCUT2D eigenvalue weighted by molar-refractivity contribution is 0.677. The highest BCUT2D eigenvalue weighted by molar-refractivity contribution is 6.17. The van der Waals surface area contributed by atoms with E-state index in [4.69, 9.17) is 11.6 Å². The summed E-state index contributed by atoms with van der Waals surface area (Å²) in [6.07, 6.45) is 16.1. The van der Waals surface area contributed by atoms with Crippen LogP contribution in [0.15, 0.2) is 24.3 Å². The molecule has 0 spiro atoms. The van der Waals surface area contributed by atoms with Crippen molar-refractivity contribution in [2.24, 2.45) is 0 Å². The molecule has 0 aliphatic rings. The monoisotopic (exact) mass is 200 g/mol. The fourth-order valence-electron chi connectivity index (χ4n) is 1.10. The summed E-state index contributed by atoms with van der Waals surface area (Å²) in [6.45, 7) is 2.15. The molecule has 0 radical (unpaired) electrons. The maximum Gasteiger partial charge on any atom is 0.0223 e. The molecule has 0 aromatic heterocycles. The highest BCUT2D eigenvalue weighted by Crippen LogP contribution is 2.04. The van der Waals surface area contributed by atoms with E-state index in [0.717, 1.165) is 12.3 Å². The number of hydrogen-bond acceptors (Lipinski definition) is 0. The summed E-state index contributed by atoms with van der Waals surface area (Å²) in [6, 6.07) is 0. The van der Waals surface area contributed by atoms with Crippen molar-refractivity contribution >= 4 is 11.6 Å². The lowest BCUT2D eigenvalue weighted by Crippen LogP contribution is -1.77. The smallest absolute Gasteiger partial charge is 0.0223 e. The van der Waals surface area contributed by atoms with E-state index in [0.29, 0.717) is 0 Å². The van der Waals surface area contributed by atoms with Crippen LogP contribution in [0.4, 0.5) is 0 Å². The fourth-order valence-corrected chi connectivity index (χ4v) is 1.29. The Morgan fingerprint density at radius 2 is 1.62 bits per heavy atom. The van der Waals surface area contributed by atoms with Gasteiger partial charge in [0, 0.05) is 5.88 Å². The number of allylic oxidation sites excluding steroid dienone is 4. The normalized spacial score (nSPS) is 11.8. The van der Waals surface area contributed by atoms with Gasteiger partial charge in [0.1, 0.15) is 0 Å². The van der Waals surface area contributed by atoms with Crippen molar-refractivity contribution in [3.8, 4) is 0 Å². The summed E-state index contributed by atoms with van der Waals surface area (Å²) in [4.78, 5) is 0. The van der Waals surface area contributed by atoms with Gasteiger partial charge in [-0.05, 0) is 25.7 Å². The zero-order valence-electron chi connectivity index (χ0n) is 8.64. The summed E-state index contributed by atoms with van der Waals surface area (Å²) >= 11 is 5.58. The minimum absolute atomic E-state index is 0.815. The largest absolute Gasteiger partial charge is 0.127 e. The van der Waals surface area contributed by atoms with Crippen LogP contribution in [0.5, 0.6) is 0 Å². The Balaban J connectivity index is 3.06. The highest BCUT2D eigenvalue weighted by atomic mass is 35.5. The summed E-state index contributed by atoms with van der Waals surface area (Å²) in [5.74, 6) is 0.815. The van der Waals surface area contributed by atoms with Crippen LogP contribution in [-0.4, -0.2) is 5.88 Å². The van der Waals surface area contributed by atoms with E-state index in [-0.39, 0.29) is 0 Å². The molecule has 0 N–H and O–H groups in total. The average molecular weight is 201 g/mol. The second-order valence-corrected chi connectivity index (χ2v) is 3.53. The van der Waals surface area contributed by atoms with E-state index in [2.05, 4.69) is 31.2 Å². The highest BCUT2D eigenvalue weighted by Gasteiger charge is 1.86. The Bertz CT molecular complexity index is 136. The van der Waals surface area contributed by atoms with Gasteiger partial charge in [0.15, 0.2) is 0 Å². The van der Waals surface area contributed by atoms with Gasteiger partial charge < -0.3 is 0 Å². The molecule has 0 nitrogen and oxygen atoms in total. The van der Waals surface area contributed by atoms with Crippen molar-refractivity contribution in [1.82, 2.24) is 0 Å². The Morgan fingerprint density at radius 3 is 2.31 bits per heavy atom. The second kappa shape index (κ2) is 11.8. The zero-order chi connectivity index (χ0) is 9.78. The Morgan fingerprint density at radius 1 is 0.923 bits per heavy atom. The predicted octanol–water partition coefficient (Wildman–Crippen LogP) is 4.70. The molecule has 0 fully saturated rings. The van der Waals surface area contributed by atoms with Crippen LogP contribution in [0.3, 0.4) is 0 Å². The second-order valence-electron chi connectivity index (χ2n) is 3.16. The van der Waals surface area contributed by atoms with Crippen LogP contribution in [0.25, 0.3) is 0 Å². The molecule has 1 heteroatoms. The van der Waals surface area contributed by atoms with Gasteiger partial charge in [-0.1, -0.05) is 44.1 Å². The molecule has 0 unspecified atom stereocenters. The topological polar surface area (TPSA) is 0 Å². The molecular weight excluding hydrogens is 180 g/mol. The Kier molecular flexibility index (Phi) is 11.6. The standard InChI is InChI=1S/C12H21Cl/c1-2-3-4-5-6-7-8-9-10-11-12-13/h3-6H,2,7-12H2,1H3/b4-3+,6-5+. The molecule has 76 valence electrons. The molecule has 0 heterocycles. The molecule has 0 aromatic carbocycles. The number of halogens is 1. The third-order valence-corrected chi connectivity index (χ3v) is 2.14. The summed E-state index contributed by atoms with van der Waals surface area (Å²) < 4.78 is 0. The van der Waals surface area contributed by atoms with Crippen molar-refractivity contribution in [3.05, 3.63) is 24.3 Å². The average Bonchev–Trinajstić information content (AvgIpc) is 2.16. The van der Waals surface area contributed by atoms with Crippen molar-refractivity contribution in [3.63, 3.8) is 0 Å². The third kappa shape index (κ3) is 11.8. The van der Waals surface area contributed by atoms with Crippen molar-refractivity contribution in [1.29, 1.82) is 0 Å². The van der Waals surface area contributed by atoms with E-state index < -0.39 is 0 Å². The van der Waals surface area contributed by atoms with Crippen LogP contribution in [0.1, 0.15) is 45.4 Å². The minimum atomic E-state index is 0.815. The number of alkyl halides is 1. The molecule has 0 aliphatic carbocycles. The number of hydrogen-bond donors (Lipinski definition) is 0. The summed E-state index contributed by atoms with van der Waals surface area (Å²) in [7, 11) is 0. The molecule has 0 atom stereocenters. The van der Waals surface area contributed by atoms with Gasteiger partial charge in [-0.2, -0.15) is 0 Å². The van der Waals surface area contributed by atoms with Crippen LogP contribution in [0.2, 0.25) is 0 Å². The van der Waals surface area contributed by atoms with Crippen LogP contribution < -0.4 is 0 Å². The molecule has 0 bridgehead atoms. The lowest BCUT2D eigenvalue weighted by Gasteiger charge is -1.94. The maximum absolute atomic E-state index is 5.58. The molecule has 0 amide bonds. The molecule has 0 aromatic rings. The van der Waals surface area contributed by atoms with Gasteiger partial charge in [-0.3, -0.25) is 0 Å². The van der Waals surface area contributed by atoms with Gasteiger partial charge in [-0.25, -0.2) is 0 Å². The molecule has 0 aliphatic heterocycles. The van der Waals surface area contributed by atoms with E-state index in [1.54, 1.807) is 0 Å². The van der Waals surface area contributed by atoms with Gasteiger partial charge in [-0.15, -0.1) is 11.6 Å². The first kappa shape index (κ1) is 12.8. The quantitative estimate of drug-likeness (QED) is 0.303. The first-order chi connectivity index (χ1) is 6.41. The third-order valence-electron chi connectivity index (χ3n) is 1.87. The fraction of sp³-hybridized carbons (Fsp3) is 0.667. The van der Waals surface area contributed by atoms with Gasteiger partial charge in [0.2, 0.25) is 0 Å². The van der Waals surface area contributed by atoms with E-state index in [9.17, 15) is 0 Å². The summed E-state index contributed by atoms with van der Waals surface area (Å²) in [5, 5.41) is 0. The van der Waals surface area contributed by atoms with Crippen LogP contribution in [-0.2, 0) is 0 Å². The Hall–Kier alpha value is -0.230. The van der Waals surface area contributed by atoms with Gasteiger partial charge >= 0.3 is 0 Å². The van der Waals surface area contributed by atoms with Gasteiger partial charge in [0.25, 0.3) is 0 Å². The minimum Gasteiger partial charge on any atom is -0.127 e. The first-order valence-corrected chi connectivity index (χ1v) is 5.83. The van der Waals surface area contributed by atoms with Crippen molar-refractivity contribution in [2.75, 3.05) is 5.88 Å². The van der Waals surface area contributed by atoms with Crippen molar-refractivity contribution < 1.29 is 0 Å². The van der Waals surface area contributed by atoms with E-state index >= 15 is 0 Å². The van der Waals surface area contributed by atoms with E-state index in [1.165, 1.54) is 32.1 Å². The predicted molar refractivity (Wildman–Crippen MR) is 62.4 cm³/mol. The van der Waals surface area contributed by atoms with Crippen molar-refractivity contribution in [2.45, 2.75) is 45.4 Å². The number of rotatable bonds is 8. The van der Waals surface area contributed by atoms with Crippen LogP contribution in [0, 0.1) is 0 Å². The van der Waals surface area contributed by atoms with Crippen LogP contribution >= 0.6 is 11.6 Å². The molecule has 0 saturated carbocycles. The van der Waals surface area contributed by atoms with E-state index in [1.807, 2.05) is 0 Å². The zero-order valence-corrected chi connectivity index (χ0v) is 9.39. The SMILES string of the molecule is CC/C=C/C=C/CCCCCCCl. The van der Waals surface area contributed by atoms with Gasteiger partial charge in [0.05, 0.1) is 0 Å². The maximum atomic E-state index is 5.58. The molecule has 13 heavy (non-hydrogen) atoms. The molecular formula is C12H21Cl. The summed E-state index contributed by atoms with van der Waals surface area (Å²) in [5.41, 5.74) is 0.